The molecule has 1 rings (SSSR count). The van der Waals surface area contributed by atoms with Gasteiger partial charge in [0, 0.05) is 12.2 Å². The van der Waals surface area contributed by atoms with Crippen molar-refractivity contribution in [2.24, 2.45) is 5.92 Å². The average Bonchev–Trinajstić information content (AvgIpc) is 2.29. The topological polar surface area (TPSA) is 92.4 Å². The molecule has 0 heterocycles. The summed E-state index contributed by atoms with van der Waals surface area (Å²) in [6.07, 6.45) is -0.706. The molecule has 1 aromatic rings. The van der Waals surface area contributed by atoms with Crippen LogP contribution in [-0.2, 0) is 10.0 Å². The normalized spacial score (nSPS) is 13.8. The van der Waals surface area contributed by atoms with Gasteiger partial charge in [-0.25, -0.2) is 13.1 Å². The number of hydrogen-bond donors (Lipinski definition) is 3. The third-order valence-electron chi connectivity index (χ3n) is 2.81. The number of benzene rings is 1. The summed E-state index contributed by atoms with van der Waals surface area (Å²) in [5.41, 5.74) is 6.94. The van der Waals surface area contributed by atoms with E-state index in [2.05, 4.69) is 4.72 Å². The molecule has 5 nitrogen and oxygen atoms in total. The van der Waals surface area contributed by atoms with Crippen LogP contribution < -0.4 is 10.5 Å². The van der Waals surface area contributed by atoms with Crippen molar-refractivity contribution in [1.29, 1.82) is 0 Å². The Labute approximate surface area is 108 Å². The lowest BCUT2D eigenvalue weighted by Crippen LogP contribution is -2.34. The third kappa shape index (κ3) is 3.69. The number of aryl methyl sites for hydroxylation is 1. The molecule has 18 heavy (non-hydrogen) atoms. The lowest BCUT2D eigenvalue weighted by molar-refractivity contribution is 0.129. The number of nitrogen functional groups attached to an aromatic ring is 1. The van der Waals surface area contributed by atoms with Crippen LogP contribution >= 0.6 is 0 Å². The maximum atomic E-state index is 11.9. The number of sulfonamides is 1. The van der Waals surface area contributed by atoms with E-state index in [9.17, 15) is 13.5 Å². The van der Waals surface area contributed by atoms with Crippen LogP contribution in [-0.4, -0.2) is 26.2 Å². The molecule has 0 aliphatic heterocycles. The van der Waals surface area contributed by atoms with E-state index in [0.717, 1.165) is 5.56 Å². The van der Waals surface area contributed by atoms with Crippen LogP contribution in [0.25, 0.3) is 0 Å². The molecule has 0 amide bonds. The fourth-order valence-electron chi connectivity index (χ4n) is 1.30. The van der Waals surface area contributed by atoms with Gasteiger partial charge in [-0.15, -0.1) is 0 Å². The Bertz CT molecular complexity index is 512. The number of nitrogens with two attached hydrogens (primary N) is 1. The fraction of sp³-hybridized carbons (Fsp3) is 0.500. The van der Waals surface area contributed by atoms with Gasteiger partial charge in [0.15, 0.2) is 0 Å². The average molecular weight is 272 g/mol. The minimum absolute atomic E-state index is 0.00390. The van der Waals surface area contributed by atoms with E-state index >= 15 is 0 Å². The maximum absolute atomic E-state index is 11.9. The number of anilines is 1. The van der Waals surface area contributed by atoms with Gasteiger partial charge in [-0.1, -0.05) is 19.9 Å². The van der Waals surface area contributed by atoms with Crippen LogP contribution in [0.2, 0.25) is 0 Å². The number of nitrogens with one attached hydrogen (secondary N) is 1. The van der Waals surface area contributed by atoms with Crippen molar-refractivity contribution < 1.29 is 13.5 Å². The van der Waals surface area contributed by atoms with Gasteiger partial charge >= 0.3 is 0 Å². The molecule has 0 aliphatic rings. The van der Waals surface area contributed by atoms with E-state index in [1.54, 1.807) is 6.07 Å². The number of rotatable bonds is 5. The molecule has 1 aromatic carbocycles. The van der Waals surface area contributed by atoms with E-state index in [1.807, 2.05) is 20.8 Å². The molecule has 1 unspecified atom stereocenters. The number of aliphatic hydroxyl groups is 1. The SMILES string of the molecule is Cc1ccc(S(=O)(=O)NCC(O)C(C)C)cc1N. The zero-order chi connectivity index (χ0) is 13.9. The minimum Gasteiger partial charge on any atom is -0.398 e. The third-order valence-corrected chi connectivity index (χ3v) is 4.23. The Hall–Kier alpha value is -1.11. The van der Waals surface area contributed by atoms with Crippen molar-refractivity contribution >= 4 is 15.7 Å². The van der Waals surface area contributed by atoms with Crippen LogP contribution in [0, 0.1) is 12.8 Å². The summed E-state index contributed by atoms with van der Waals surface area (Å²) in [6.45, 7) is 5.45. The second-order valence-corrected chi connectivity index (χ2v) is 6.45. The van der Waals surface area contributed by atoms with Gasteiger partial charge in [0.1, 0.15) is 0 Å². The largest absolute Gasteiger partial charge is 0.398 e. The Balaban J connectivity index is 2.83. The van der Waals surface area contributed by atoms with Gasteiger partial charge in [0.25, 0.3) is 0 Å². The molecular formula is C12H20N2O3S. The molecule has 0 fully saturated rings. The lowest BCUT2D eigenvalue weighted by Gasteiger charge is -2.15. The van der Waals surface area contributed by atoms with E-state index in [1.165, 1.54) is 12.1 Å². The van der Waals surface area contributed by atoms with Gasteiger partial charge in [-0.05, 0) is 30.5 Å². The molecule has 0 radical (unpaired) electrons. The molecule has 0 bridgehead atoms. The van der Waals surface area contributed by atoms with Gasteiger partial charge < -0.3 is 10.8 Å². The predicted octanol–water partition coefficient (Wildman–Crippen LogP) is 0.872. The molecule has 102 valence electrons. The highest BCUT2D eigenvalue weighted by Crippen LogP contribution is 2.17. The highest BCUT2D eigenvalue weighted by molar-refractivity contribution is 7.89. The van der Waals surface area contributed by atoms with Crippen LogP contribution in [0.15, 0.2) is 23.1 Å². The van der Waals surface area contributed by atoms with E-state index in [4.69, 9.17) is 5.73 Å². The van der Waals surface area contributed by atoms with Crippen molar-refractivity contribution in [3.8, 4) is 0 Å². The highest BCUT2D eigenvalue weighted by Gasteiger charge is 2.17. The first-order valence-electron chi connectivity index (χ1n) is 5.78. The van der Waals surface area contributed by atoms with Crippen LogP contribution in [0.5, 0.6) is 0 Å². The molecule has 1 atom stereocenters. The van der Waals surface area contributed by atoms with Crippen molar-refractivity contribution in [3.05, 3.63) is 23.8 Å². The Morgan fingerprint density at radius 1 is 1.39 bits per heavy atom. The first-order valence-corrected chi connectivity index (χ1v) is 7.26. The minimum atomic E-state index is -3.62. The van der Waals surface area contributed by atoms with Gasteiger partial charge in [0.2, 0.25) is 10.0 Å². The standard InChI is InChI=1S/C12H20N2O3S/c1-8(2)12(15)7-14-18(16,17)10-5-4-9(3)11(13)6-10/h4-6,8,12,14-15H,7,13H2,1-3H3. The van der Waals surface area contributed by atoms with E-state index < -0.39 is 16.1 Å². The second-order valence-electron chi connectivity index (χ2n) is 4.68. The molecule has 0 aromatic heterocycles. The zero-order valence-corrected chi connectivity index (χ0v) is 11.7. The summed E-state index contributed by atoms with van der Waals surface area (Å²) in [5, 5.41) is 9.58. The monoisotopic (exact) mass is 272 g/mol. The second kappa shape index (κ2) is 5.69. The van der Waals surface area contributed by atoms with E-state index in [-0.39, 0.29) is 17.4 Å². The first kappa shape index (κ1) is 14.9. The van der Waals surface area contributed by atoms with E-state index in [0.29, 0.717) is 5.69 Å². The summed E-state index contributed by atoms with van der Waals surface area (Å²) in [7, 11) is -3.62. The summed E-state index contributed by atoms with van der Waals surface area (Å²) in [5.74, 6) is -0.00390. The Morgan fingerprint density at radius 3 is 2.50 bits per heavy atom. The highest BCUT2D eigenvalue weighted by atomic mass is 32.2. The molecule has 4 N–H and O–H groups in total. The van der Waals surface area contributed by atoms with Crippen LogP contribution in [0.4, 0.5) is 5.69 Å². The molecule has 0 saturated heterocycles. The Kier molecular flexibility index (Phi) is 4.72. The molecule has 0 aliphatic carbocycles. The van der Waals surface area contributed by atoms with Crippen LogP contribution in [0.1, 0.15) is 19.4 Å². The van der Waals surface area contributed by atoms with Crippen molar-refractivity contribution in [3.63, 3.8) is 0 Å². The van der Waals surface area contributed by atoms with Crippen molar-refractivity contribution in [2.45, 2.75) is 31.8 Å². The van der Waals surface area contributed by atoms with Crippen molar-refractivity contribution in [1.82, 2.24) is 4.72 Å². The molecular weight excluding hydrogens is 252 g/mol. The maximum Gasteiger partial charge on any atom is 0.240 e. The van der Waals surface area contributed by atoms with Gasteiger partial charge in [0.05, 0.1) is 11.0 Å². The summed E-state index contributed by atoms with van der Waals surface area (Å²) in [4.78, 5) is 0.113. The summed E-state index contributed by atoms with van der Waals surface area (Å²) >= 11 is 0. The first-order chi connectivity index (χ1) is 8.24. The molecule has 0 spiro atoms. The van der Waals surface area contributed by atoms with Gasteiger partial charge in [-0.3, -0.25) is 0 Å². The number of hydrogen-bond acceptors (Lipinski definition) is 4. The smallest absolute Gasteiger partial charge is 0.240 e. The predicted molar refractivity (Wildman–Crippen MR) is 71.6 cm³/mol. The van der Waals surface area contributed by atoms with Crippen LogP contribution in [0.3, 0.4) is 0 Å². The molecule has 6 heteroatoms. The quantitative estimate of drug-likeness (QED) is 0.694. The summed E-state index contributed by atoms with van der Waals surface area (Å²) in [6, 6.07) is 4.57. The number of aliphatic hydroxyl groups excluding tert-OH is 1. The van der Waals surface area contributed by atoms with Gasteiger partial charge in [-0.2, -0.15) is 0 Å². The fourth-order valence-corrected chi connectivity index (χ4v) is 2.39. The Morgan fingerprint density at radius 2 is 2.00 bits per heavy atom. The molecule has 0 saturated carbocycles. The summed E-state index contributed by atoms with van der Waals surface area (Å²) < 4.78 is 26.3. The van der Waals surface area contributed by atoms with Crippen molar-refractivity contribution in [2.75, 3.05) is 12.3 Å². The lowest BCUT2D eigenvalue weighted by atomic mass is 10.1. The zero-order valence-electron chi connectivity index (χ0n) is 10.8.